The summed E-state index contributed by atoms with van der Waals surface area (Å²) in [4.78, 5) is 14.5. The minimum atomic E-state index is -4.63. The number of benzene rings is 1. The van der Waals surface area contributed by atoms with Gasteiger partial charge in [0.2, 0.25) is 5.91 Å². The number of fused-ring (bicyclic) bond motifs is 2. The lowest BCUT2D eigenvalue weighted by Gasteiger charge is -2.32. The van der Waals surface area contributed by atoms with E-state index >= 15 is 0 Å². The van der Waals surface area contributed by atoms with Gasteiger partial charge in [-0.2, -0.15) is 17.7 Å². The van der Waals surface area contributed by atoms with Crippen molar-refractivity contribution in [2.24, 2.45) is 5.92 Å². The summed E-state index contributed by atoms with van der Waals surface area (Å²) in [7, 11) is 0. The number of rotatable bonds is 5. The molecule has 1 aliphatic heterocycles. The van der Waals surface area contributed by atoms with Crippen LogP contribution in [0.15, 0.2) is 41.8 Å². The van der Waals surface area contributed by atoms with Gasteiger partial charge in [0.25, 0.3) is 5.82 Å². The maximum Gasteiger partial charge on any atom is 0.453 e. The number of piperidine rings is 1. The van der Waals surface area contributed by atoms with Gasteiger partial charge < -0.3 is 10.2 Å². The summed E-state index contributed by atoms with van der Waals surface area (Å²) >= 11 is 1.71. The second-order valence-electron chi connectivity index (χ2n) is 8.04. The predicted molar refractivity (Wildman–Crippen MR) is 119 cm³/mol. The smallest absolute Gasteiger partial charge is 0.356 e. The van der Waals surface area contributed by atoms with Crippen molar-refractivity contribution in [3.8, 4) is 0 Å². The largest absolute Gasteiger partial charge is 0.453 e. The van der Waals surface area contributed by atoms with Crippen LogP contribution in [-0.4, -0.2) is 45.4 Å². The summed E-state index contributed by atoms with van der Waals surface area (Å²) in [5.74, 6) is -0.830. The average Bonchev–Trinajstić information content (AvgIpc) is 3.43. The predicted octanol–water partition coefficient (Wildman–Crippen LogP) is 3.93. The lowest BCUT2D eigenvalue weighted by Crippen LogP contribution is -2.41. The Kier molecular flexibility index (Phi) is 5.65. The Labute approximate surface area is 191 Å². The van der Waals surface area contributed by atoms with Crippen LogP contribution in [0.3, 0.4) is 0 Å². The molecule has 0 spiro atoms. The van der Waals surface area contributed by atoms with Gasteiger partial charge in [-0.25, -0.2) is 0 Å². The molecule has 1 amide bonds. The third kappa shape index (κ3) is 4.37. The van der Waals surface area contributed by atoms with Gasteiger partial charge in [-0.1, -0.05) is 18.2 Å². The van der Waals surface area contributed by atoms with Crippen molar-refractivity contribution in [3.63, 3.8) is 0 Å². The van der Waals surface area contributed by atoms with Crippen molar-refractivity contribution in [2.45, 2.75) is 25.4 Å². The molecule has 1 fully saturated rings. The van der Waals surface area contributed by atoms with E-state index in [4.69, 9.17) is 0 Å². The summed E-state index contributed by atoms with van der Waals surface area (Å²) in [6.07, 6.45) is -2.63. The van der Waals surface area contributed by atoms with E-state index in [1.807, 2.05) is 17.0 Å². The third-order valence-electron chi connectivity index (χ3n) is 5.95. The van der Waals surface area contributed by atoms with Gasteiger partial charge >= 0.3 is 6.18 Å². The number of anilines is 1. The monoisotopic (exact) mass is 474 g/mol. The average molecular weight is 475 g/mol. The maximum atomic E-state index is 13.1. The Balaban J connectivity index is 1.16. The van der Waals surface area contributed by atoms with Gasteiger partial charge in [0.1, 0.15) is 5.82 Å². The van der Waals surface area contributed by atoms with Crippen LogP contribution in [0.2, 0.25) is 0 Å². The first-order valence-corrected chi connectivity index (χ1v) is 11.6. The lowest BCUT2D eigenvalue weighted by molar-refractivity contribution is -0.146. The van der Waals surface area contributed by atoms with Crippen LogP contribution < -0.4 is 10.2 Å². The summed E-state index contributed by atoms with van der Waals surface area (Å²) in [6.45, 7) is 1.65. The molecule has 3 aromatic heterocycles. The van der Waals surface area contributed by atoms with Gasteiger partial charge in [-0.15, -0.1) is 26.6 Å². The van der Waals surface area contributed by atoms with Crippen molar-refractivity contribution < 1.29 is 18.0 Å². The molecule has 11 heteroatoms. The molecule has 0 bridgehead atoms. The molecule has 1 aromatic carbocycles. The van der Waals surface area contributed by atoms with E-state index in [1.165, 1.54) is 21.7 Å². The first kappa shape index (κ1) is 21.6. The molecule has 0 radical (unpaired) electrons. The Bertz CT molecular complexity index is 1290. The molecule has 0 atom stereocenters. The summed E-state index contributed by atoms with van der Waals surface area (Å²) in [6, 6.07) is 11.3. The second kappa shape index (κ2) is 8.62. The zero-order valence-electron chi connectivity index (χ0n) is 17.5. The number of amides is 1. The molecular weight excluding hydrogens is 453 g/mol. The number of carbonyl (C=O) groups excluding carboxylic acids is 1. The van der Waals surface area contributed by atoms with Crippen LogP contribution in [0.25, 0.3) is 15.7 Å². The number of aromatic nitrogens is 4. The number of nitrogens with zero attached hydrogens (tertiary/aromatic N) is 5. The number of alkyl halides is 3. The molecule has 4 aromatic rings. The standard InChI is InChI=1S/C22H21F3N6OS/c23-22(24,25)21-28-27-18-5-6-19(29-31(18)21)30-11-8-14(9-12-30)20(32)26-10-7-15-13-33-17-4-2-1-3-16(15)17/h1-6,13-14H,7-12H2,(H,26,32). The molecule has 4 heterocycles. The lowest BCUT2D eigenvalue weighted by atomic mass is 9.96. The molecule has 0 aliphatic carbocycles. The molecule has 7 nitrogen and oxygen atoms in total. The highest BCUT2D eigenvalue weighted by Crippen LogP contribution is 2.29. The SMILES string of the molecule is O=C(NCCc1csc2ccccc12)C1CCN(c2ccc3nnc(C(F)(F)F)n3n2)CC1. The summed E-state index contributed by atoms with van der Waals surface area (Å²) in [5, 5.41) is 17.2. The second-order valence-corrected chi connectivity index (χ2v) is 8.95. The molecule has 1 N–H and O–H groups in total. The fraction of sp³-hybridized carbons (Fsp3) is 0.364. The summed E-state index contributed by atoms with van der Waals surface area (Å²) < 4.78 is 41.3. The number of carbonyl (C=O) groups is 1. The van der Waals surface area contributed by atoms with Crippen LogP contribution in [0.5, 0.6) is 0 Å². The molecular formula is C22H21F3N6OS. The normalized spacial score (nSPS) is 15.4. The molecule has 0 unspecified atom stereocenters. The number of nitrogens with one attached hydrogen (secondary N) is 1. The summed E-state index contributed by atoms with van der Waals surface area (Å²) in [5.41, 5.74) is 1.28. The highest BCUT2D eigenvalue weighted by molar-refractivity contribution is 7.17. The van der Waals surface area contributed by atoms with Crippen LogP contribution >= 0.6 is 11.3 Å². The van der Waals surface area contributed by atoms with E-state index in [2.05, 4.69) is 38.1 Å². The topological polar surface area (TPSA) is 75.4 Å². The molecule has 33 heavy (non-hydrogen) atoms. The van der Waals surface area contributed by atoms with E-state index in [0.29, 0.717) is 38.3 Å². The fourth-order valence-electron chi connectivity index (χ4n) is 4.19. The van der Waals surface area contributed by atoms with E-state index < -0.39 is 12.0 Å². The number of hydrogen-bond acceptors (Lipinski definition) is 6. The van der Waals surface area contributed by atoms with Gasteiger partial charge in [0.05, 0.1) is 0 Å². The zero-order valence-corrected chi connectivity index (χ0v) is 18.4. The van der Waals surface area contributed by atoms with Crippen LogP contribution in [-0.2, 0) is 17.4 Å². The zero-order chi connectivity index (χ0) is 23.0. The van der Waals surface area contributed by atoms with Gasteiger partial charge in [-0.3, -0.25) is 4.79 Å². The van der Waals surface area contributed by atoms with E-state index in [1.54, 1.807) is 17.4 Å². The highest BCUT2D eigenvalue weighted by Gasteiger charge is 2.38. The molecule has 0 saturated carbocycles. The third-order valence-corrected chi connectivity index (χ3v) is 6.96. The van der Waals surface area contributed by atoms with Crippen molar-refractivity contribution in [1.29, 1.82) is 0 Å². The van der Waals surface area contributed by atoms with Crippen molar-refractivity contribution >= 4 is 38.8 Å². The van der Waals surface area contributed by atoms with Crippen LogP contribution in [0, 0.1) is 5.92 Å². The van der Waals surface area contributed by atoms with E-state index in [0.717, 1.165) is 10.9 Å². The Hall–Kier alpha value is -3.21. The van der Waals surface area contributed by atoms with Gasteiger partial charge in [-0.05, 0) is 53.8 Å². The first-order valence-electron chi connectivity index (χ1n) is 10.7. The Morgan fingerprint density at radius 3 is 2.70 bits per heavy atom. The van der Waals surface area contributed by atoms with Crippen LogP contribution in [0.1, 0.15) is 24.2 Å². The molecule has 5 rings (SSSR count). The molecule has 1 aliphatic rings. The first-order chi connectivity index (χ1) is 15.9. The minimum absolute atomic E-state index is 0.0239. The number of halogens is 3. The molecule has 1 saturated heterocycles. The minimum Gasteiger partial charge on any atom is -0.356 e. The maximum absolute atomic E-state index is 13.1. The Morgan fingerprint density at radius 2 is 1.91 bits per heavy atom. The fourth-order valence-corrected chi connectivity index (χ4v) is 5.18. The number of hydrogen-bond donors (Lipinski definition) is 1. The van der Waals surface area contributed by atoms with Crippen molar-refractivity contribution in [2.75, 3.05) is 24.5 Å². The molecule has 172 valence electrons. The van der Waals surface area contributed by atoms with Crippen molar-refractivity contribution in [3.05, 3.63) is 53.2 Å². The Morgan fingerprint density at radius 1 is 1.12 bits per heavy atom. The van der Waals surface area contributed by atoms with Crippen molar-refractivity contribution in [1.82, 2.24) is 25.1 Å². The van der Waals surface area contributed by atoms with Gasteiger partial charge in [0, 0.05) is 30.3 Å². The van der Waals surface area contributed by atoms with Crippen LogP contribution in [0.4, 0.5) is 19.0 Å². The van der Waals surface area contributed by atoms with Gasteiger partial charge in [0.15, 0.2) is 5.65 Å². The number of thiophene rings is 1. The van der Waals surface area contributed by atoms with E-state index in [-0.39, 0.29) is 17.5 Å². The highest BCUT2D eigenvalue weighted by atomic mass is 32.1. The van der Waals surface area contributed by atoms with E-state index in [9.17, 15) is 18.0 Å². The quantitative estimate of drug-likeness (QED) is 0.474.